The molecule has 0 saturated carbocycles. The second kappa shape index (κ2) is 8.89. The molecule has 1 aromatic carbocycles. The van der Waals surface area contributed by atoms with Crippen LogP contribution in [0.1, 0.15) is 30.3 Å². The maximum Gasteiger partial charge on any atom is 0.173 e. The molecule has 2 saturated heterocycles. The van der Waals surface area contributed by atoms with Crippen LogP contribution in [-0.2, 0) is 11.3 Å². The van der Waals surface area contributed by atoms with Gasteiger partial charge in [0.15, 0.2) is 5.82 Å². The van der Waals surface area contributed by atoms with Crippen LogP contribution in [0.4, 0.5) is 4.39 Å². The minimum atomic E-state index is -0.316. The van der Waals surface area contributed by atoms with Crippen molar-refractivity contribution in [3.63, 3.8) is 0 Å². The van der Waals surface area contributed by atoms with Gasteiger partial charge in [0.25, 0.3) is 0 Å². The van der Waals surface area contributed by atoms with E-state index in [9.17, 15) is 4.39 Å². The fraction of sp³-hybridized carbons (Fsp3) is 0.550. The van der Waals surface area contributed by atoms with Crippen LogP contribution in [0.5, 0.6) is 0 Å². The van der Waals surface area contributed by atoms with Crippen molar-refractivity contribution >= 4 is 0 Å². The normalized spacial score (nSPS) is 22.4. The predicted octanol–water partition coefficient (Wildman–Crippen LogP) is 1.88. The zero-order valence-corrected chi connectivity index (χ0v) is 16.1. The number of halogens is 1. The SMILES string of the molecule is C=CCN1CCN([C@H](c2ccccc2F)c2nnnn2C[C@@H]2CCCO2)CC1. The highest BCUT2D eigenvalue weighted by atomic mass is 19.1. The molecule has 0 aliphatic carbocycles. The summed E-state index contributed by atoms with van der Waals surface area (Å²) in [5, 5.41) is 12.4. The molecule has 7 nitrogen and oxygen atoms in total. The summed E-state index contributed by atoms with van der Waals surface area (Å²) in [6, 6.07) is 6.61. The first-order chi connectivity index (χ1) is 13.8. The van der Waals surface area contributed by atoms with Crippen molar-refractivity contribution in [2.75, 3.05) is 39.3 Å². The van der Waals surface area contributed by atoms with Gasteiger partial charge in [0.2, 0.25) is 0 Å². The number of benzene rings is 1. The summed E-state index contributed by atoms with van der Waals surface area (Å²) < 4.78 is 22.3. The maximum absolute atomic E-state index is 14.8. The summed E-state index contributed by atoms with van der Waals surface area (Å²) in [5.74, 6) is 0.449. The monoisotopic (exact) mass is 386 g/mol. The van der Waals surface area contributed by atoms with Crippen LogP contribution in [0.25, 0.3) is 0 Å². The molecule has 1 aromatic heterocycles. The first-order valence-electron chi connectivity index (χ1n) is 9.95. The average Bonchev–Trinajstić information content (AvgIpc) is 3.38. The van der Waals surface area contributed by atoms with Gasteiger partial charge in [-0.05, 0) is 29.3 Å². The molecule has 0 spiro atoms. The van der Waals surface area contributed by atoms with Gasteiger partial charge in [-0.2, -0.15) is 0 Å². The van der Waals surface area contributed by atoms with Crippen molar-refractivity contribution in [3.05, 3.63) is 54.1 Å². The Labute approximate surface area is 164 Å². The molecular formula is C20H27FN6O. The smallest absolute Gasteiger partial charge is 0.173 e. The molecule has 0 bridgehead atoms. The topological polar surface area (TPSA) is 59.3 Å². The summed E-state index contributed by atoms with van der Waals surface area (Å²) >= 11 is 0. The number of hydrogen-bond donors (Lipinski definition) is 0. The largest absolute Gasteiger partial charge is 0.376 e. The highest BCUT2D eigenvalue weighted by Crippen LogP contribution is 2.30. The molecule has 2 atom stereocenters. The van der Waals surface area contributed by atoms with Gasteiger partial charge < -0.3 is 4.74 Å². The van der Waals surface area contributed by atoms with Gasteiger partial charge in [-0.25, -0.2) is 9.07 Å². The van der Waals surface area contributed by atoms with E-state index in [2.05, 4.69) is 31.9 Å². The van der Waals surface area contributed by atoms with Crippen LogP contribution in [0.2, 0.25) is 0 Å². The fourth-order valence-electron chi connectivity index (χ4n) is 4.10. The number of tetrazole rings is 1. The molecule has 150 valence electrons. The van der Waals surface area contributed by atoms with Crippen LogP contribution >= 0.6 is 0 Å². The van der Waals surface area contributed by atoms with Crippen molar-refractivity contribution in [1.82, 2.24) is 30.0 Å². The molecule has 2 aromatic rings. The quantitative estimate of drug-likeness (QED) is 0.678. The minimum Gasteiger partial charge on any atom is -0.376 e. The summed E-state index contributed by atoms with van der Waals surface area (Å²) in [5.41, 5.74) is 0.614. The highest BCUT2D eigenvalue weighted by molar-refractivity contribution is 5.26. The van der Waals surface area contributed by atoms with Gasteiger partial charge in [-0.3, -0.25) is 9.80 Å². The number of ether oxygens (including phenoxy) is 1. The van der Waals surface area contributed by atoms with Gasteiger partial charge in [-0.1, -0.05) is 24.3 Å². The van der Waals surface area contributed by atoms with Gasteiger partial charge in [0.1, 0.15) is 11.9 Å². The number of nitrogens with zero attached hydrogens (tertiary/aromatic N) is 6. The first kappa shape index (κ1) is 19.2. The third-order valence-corrected chi connectivity index (χ3v) is 5.56. The molecule has 28 heavy (non-hydrogen) atoms. The summed E-state index contributed by atoms with van der Waals surface area (Å²) in [7, 11) is 0. The van der Waals surface area contributed by atoms with E-state index in [4.69, 9.17) is 4.74 Å². The summed E-state index contributed by atoms with van der Waals surface area (Å²) in [4.78, 5) is 4.62. The van der Waals surface area contributed by atoms with Crippen molar-refractivity contribution in [3.8, 4) is 0 Å². The standard InChI is InChI=1S/C20H27FN6O/c1-2-9-25-10-12-26(13-11-25)19(17-7-3-4-8-18(17)21)20-22-23-24-27(20)15-16-6-5-14-28-16/h2-4,7-8,16,19H,1,5-6,9-15H2/t16-,19+/m0/s1. The molecular weight excluding hydrogens is 359 g/mol. The molecule has 2 fully saturated rings. The lowest BCUT2D eigenvalue weighted by molar-refractivity contribution is 0.0864. The molecule has 3 heterocycles. The van der Waals surface area contributed by atoms with E-state index in [0.717, 1.165) is 52.2 Å². The van der Waals surface area contributed by atoms with Crippen LogP contribution in [0.15, 0.2) is 36.9 Å². The van der Waals surface area contributed by atoms with Gasteiger partial charge in [0, 0.05) is 44.9 Å². The van der Waals surface area contributed by atoms with Crippen LogP contribution in [-0.4, -0.2) is 75.4 Å². The summed E-state index contributed by atoms with van der Waals surface area (Å²) in [6.07, 6.45) is 4.10. The number of hydrogen-bond acceptors (Lipinski definition) is 6. The number of piperazine rings is 1. The van der Waals surface area contributed by atoms with E-state index in [1.807, 2.05) is 18.2 Å². The second-order valence-corrected chi connectivity index (χ2v) is 7.40. The lowest BCUT2D eigenvalue weighted by Crippen LogP contribution is -2.48. The van der Waals surface area contributed by atoms with Crippen LogP contribution in [0, 0.1) is 5.82 Å². The zero-order chi connectivity index (χ0) is 19.3. The fourth-order valence-corrected chi connectivity index (χ4v) is 4.10. The Balaban J connectivity index is 1.62. The van der Waals surface area contributed by atoms with Crippen molar-refractivity contribution < 1.29 is 9.13 Å². The lowest BCUT2D eigenvalue weighted by Gasteiger charge is -2.38. The van der Waals surface area contributed by atoms with Crippen molar-refractivity contribution in [2.45, 2.75) is 31.5 Å². The summed E-state index contributed by atoms with van der Waals surface area (Å²) in [6.45, 7) is 9.53. The predicted molar refractivity (Wildman–Crippen MR) is 103 cm³/mol. The van der Waals surface area contributed by atoms with Crippen LogP contribution < -0.4 is 0 Å². The molecule has 2 aliphatic heterocycles. The molecule has 8 heteroatoms. The minimum absolute atomic E-state index is 0.118. The van der Waals surface area contributed by atoms with E-state index in [-0.39, 0.29) is 18.0 Å². The Hall–Kier alpha value is -2.16. The Kier molecular flexibility index (Phi) is 6.09. The first-order valence-corrected chi connectivity index (χ1v) is 9.95. The van der Waals surface area contributed by atoms with E-state index in [1.54, 1.807) is 10.7 Å². The average molecular weight is 386 g/mol. The number of aromatic nitrogens is 4. The van der Waals surface area contributed by atoms with E-state index in [1.165, 1.54) is 6.07 Å². The molecule has 0 amide bonds. The second-order valence-electron chi connectivity index (χ2n) is 7.40. The zero-order valence-electron chi connectivity index (χ0n) is 16.1. The molecule has 0 radical (unpaired) electrons. The van der Waals surface area contributed by atoms with E-state index in [0.29, 0.717) is 17.9 Å². The molecule has 2 aliphatic rings. The Morgan fingerprint density at radius 1 is 1.25 bits per heavy atom. The van der Waals surface area contributed by atoms with E-state index >= 15 is 0 Å². The third-order valence-electron chi connectivity index (χ3n) is 5.56. The molecule has 0 unspecified atom stereocenters. The van der Waals surface area contributed by atoms with Crippen LogP contribution in [0.3, 0.4) is 0 Å². The third kappa shape index (κ3) is 4.14. The maximum atomic E-state index is 14.8. The van der Waals surface area contributed by atoms with Crippen molar-refractivity contribution in [1.29, 1.82) is 0 Å². The Bertz CT molecular complexity index is 783. The Morgan fingerprint density at radius 3 is 2.79 bits per heavy atom. The van der Waals surface area contributed by atoms with E-state index < -0.39 is 0 Å². The van der Waals surface area contributed by atoms with Gasteiger partial charge in [0.05, 0.1) is 12.6 Å². The highest BCUT2D eigenvalue weighted by Gasteiger charge is 2.32. The number of rotatable bonds is 7. The van der Waals surface area contributed by atoms with Gasteiger partial charge in [-0.15, -0.1) is 11.7 Å². The van der Waals surface area contributed by atoms with Gasteiger partial charge >= 0.3 is 0 Å². The Morgan fingerprint density at radius 2 is 2.07 bits per heavy atom. The molecule has 4 rings (SSSR count). The lowest BCUT2D eigenvalue weighted by atomic mass is 10.0. The molecule has 0 N–H and O–H groups in total. The van der Waals surface area contributed by atoms with Crippen molar-refractivity contribution in [2.24, 2.45) is 0 Å².